The Labute approximate surface area is 157 Å². The van der Waals surface area contributed by atoms with Gasteiger partial charge in [-0.15, -0.1) is 0 Å². The quantitative estimate of drug-likeness (QED) is 0.812. The average molecular weight is 366 g/mol. The molecule has 1 aromatic heterocycles. The zero-order valence-corrected chi connectivity index (χ0v) is 15.0. The number of aromatic amines is 1. The molecule has 0 unspecified atom stereocenters. The number of carbonyl (C=O) groups is 2. The molecular weight excluding hydrogens is 344 g/mol. The molecule has 1 saturated heterocycles. The molecule has 4 rings (SSSR count). The number of fused-ring (bicyclic) bond motifs is 1. The average Bonchev–Trinajstić information content (AvgIpc) is 3.39. The van der Waals surface area contributed by atoms with E-state index >= 15 is 0 Å². The van der Waals surface area contributed by atoms with Crippen molar-refractivity contribution in [3.8, 4) is 0 Å². The Bertz CT molecular complexity index is 854. The number of hydrogen-bond acceptors (Lipinski definition) is 4. The van der Waals surface area contributed by atoms with Crippen molar-refractivity contribution in [2.75, 3.05) is 18.5 Å². The second-order valence-corrected chi connectivity index (χ2v) is 6.82. The highest BCUT2D eigenvalue weighted by Crippen LogP contribution is 2.24. The van der Waals surface area contributed by atoms with Crippen LogP contribution in [0.2, 0.25) is 0 Å². The molecule has 0 radical (unpaired) electrons. The van der Waals surface area contributed by atoms with Gasteiger partial charge < -0.3 is 19.9 Å². The molecule has 2 amide bonds. The fourth-order valence-corrected chi connectivity index (χ4v) is 3.45. The van der Waals surface area contributed by atoms with Crippen molar-refractivity contribution in [2.24, 2.45) is 0 Å². The highest BCUT2D eigenvalue weighted by atomic mass is 16.5. The normalized spacial score (nSPS) is 19.3. The minimum absolute atomic E-state index is 0.0379. The fraction of sp³-hybridized carbons (Fsp3) is 0.350. The molecule has 1 atom stereocenters. The van der Waals surface area contributed by atoms with E-state index in [0.29, 0.717) is 19.7 Å². The predicted molar refractivity (Wildman–Crippen MR) is 101 cm³/mol. The van der Waals surface area contributed by atoms with E-state index in [-0.39, 0.29) is 17.9 Å². The topological polar surface area (TPSA) is 87.3 Å². The maximum absolute atomic E-state index is 12.5. The molecule has 7 nitrogen and oxygen atoms in total. The Morgan fingerprint density at radius 3 is 3.04 bits per heavy atom. The molecule has 2 aromatic rings. The number of benzene rings is 1. The molecular formula is C20H22N4O3. The Morgan fingerprint density at radius 2 is 2.26 bits per heavy atom. The SMILES string of the molecule is O=C(Nc1ccc2c(c1)CN(C(=O)/C=C/c1cnc[nH]1)CC2)[C@H]1CCCO1. The third-order valence-electron chi connectivity index (χ3n) is 4.94. The van der Waals surface area contributed by atoms with Crippen LogP contribution in [0.1, 0.15) is 29.7 Å². The van der Waals surface area contributed by atoms with E-state index in [1.807, 2.05) is 18.2 Å². The molecule has 1 aromatic carbocycles. The molecule has 140 valence electrons. The van der Waals surface area contributed by atoms with Gasteiger partial charge in [-0.25, -0.2) is 4.98 Å². The largest absolute Gasteiger partial charge is 0.368 e. The van der Waals surface area contributed by atoms with Gasteiger partial charge in [-0.2, -0.15) is 0 Å². The first-order valence-electron chi connectivity index (χ1n) is 9.19. The van der Waals surface area contributed by atoms with Crippen LogP contribution in [0.5, 0.6) is 0 Å². The lowest BCUT2D eigenvalue weighted by atomic mass is 9.99. The summed E-state index contributed by atoms with van der Waals surface area (Å²) in [6, 6.07) is 5.91. The minimum atomic E-state index is -0.355. The summed E-state index contributed by atoms with van der Waals surface area (Å²) >= 11 is 0. The number of imidazole rings is 1. The molecule has 1 fully saturated rings. The third kappa shape index (κ3) is 4.09. The summed E-state index contributed by atoms with van der Waals surface area (Å²) in [4.78, 5) is 33.4. The first kappa shape index (κ1) is 17.5. The molecule has 7 heteroatoms. The molecule has 0 spiro atoms. The van der Waals surface area contributed by atoms with Crippen LogP contribution in [-0.2, 0) is 27.3 Å². The van der Waals surface area contributed by atoms with Gasteiger partial charge in [0.2, 0.25) is 5.91 Å². The van der Waals surface area contributed by atoms with Crippen molar-refractivity contribution < 1.29 is 14.3 Å². The summed E-state index contributed by atoms with van der Waals surface area (Å²) < 4.78 is 5.43. The van der Waals surface area contributed by atoms with Gasteiger partial charge in [0, 0.05) is 31.5 Å². The van der Waals surface area contributed by atoms with Gasteiger partial charge in [0.15, 0.2) is 0 Å². The Balaban J connectivity index is 1.42. The van der Waals surface area contributed by atoms with E-state index in [2.05, 4.69) is 15.3 Å². The number of nitrogens with one attached hydrogen (secondary N) is 2. The van der Waals surface area contributed by atoms with Gasteiger partial charge in [-0.1, -0.05) is 6.07 Å². The number of aromatic nitrogens is 2. The number of rotatable bonds is 4. The van der Waals surface area contributed by atoms with Crippen LogP contribution < -0.4 is 5.32 Å². The number of H-pyrrole nitrogens is 1. The lowest BCUT2D eigenvalue weighted by Crippen LogP contribution is -2.35. The molecule has 2 aliphatic heterocycles. The highest BCUT2D eigenvalue weighted by molar-refractivity contribution is 5.94. The van der Waals surface area contributed by atoms with Gasteiger partial charge in [0.1, 0.15) is 6.10 Å². The second-order valence-electron chi connectivity index (χ2n) is 6.82. The van der Waals surface area contributed by atoms with Crippen molar-refractivity contribution in [3.63, 3.8) is 0 Å². The van der Waals surface area contributed by atoms with Crippen LogP contribution in [0.25, 0.3) is 6.08 Å². The van der Waals surface area contributed by atoms with E-state index in [9.17, 15) is 9.59 Å². The summed E-state index contributed by atoms with van der Waals surface area (Å²) in [6.07, 6.45) is 8.66. The maximum atomic E-state index is 12.5. The number of anilines is 1. The van der Waals surface area contributed by atoms with Crippen LogP contribution in [0.15, 0.2) is 36.8 Å². The van der Waals surface area contributed by atoms with Gasteiger partial charge in [-0.05, 0) is 48.6 Å². The van der Waals surface area contributed by atoms with Crippen molar-refractivity contribution in [1.29, 1.82) is 0 Å². The number of amides is 2. The second kappa shape index (κ2) is 7.75. The van der Waals surface area contributed by atoms with Crippen LogP contribution >= 0.6 is 0 Å². The highest BCUT2D eigenvalue weighted by Gasteiger charge is 2.24. The van der Waals surface area contributed by atoms with Crippen LogP contribution in [-0.4, -0.2) is 45.9 Å². The van der Waals surface area contributed by atoms with Crippen LogP contribution in [0.3, 0.4) is 0 Å². The van der Waals surface area contributed by atoms with Crippen molar-refractivity contribution >= 4 is 23.6 Å². The van der Waals surface area contributed by atoms with Crippen molar-refractivity contribution in [2.45, 2.75) is 31.9 Å². The first-order valence-corrected chi connectivity index (χ1v) is 9.19. The molecule has 2 aliphatic rings. The van der Waals surface area contributed by atoms with Gasteiger partial charge in [-0.3, -0.25) is 9.59 Å². The lowest BCUT2D eigenvalue weighted by molar-refractivity contribution is -0.127. The molecule has 0 aliphatic carbocycles. The predicted octanol–water partition coefficient (Wildman–Crippen LogP) is 2.13. The minimum Gasteiger partial charge on any atom is -0.368 e. The van der Waals surface area contributed by atoms with E-state index in [4.69, 9.17) is 4.74 Å². The van der Waals surface area contributed by atoms with E-state index < -0.39 is 0 Å². The number of ether oxygens (including phenoxy) is 1. The standard InChI is InChI=1S/C20H22N4O3/c25-19(6-5-17-11-21-13-22-17)24-8-7-14-3-4-16(10-15(14)12-24)23-20(26)18-2-1-9-27-18/h3-6,10-11,13,18H,1-2,7-9,12H2,(H,21,22)(H,23,26)/b6-5+/t18-/m1/s1. The van der Waals surface area contributed by atoms with Crippen LogP contribution in [0.4, 0.5) is 5.69 Å². The molecule has 2 N–H and O–H groups in total. The van der Waals surface area contributed by atoms with Crippen LogP contribution in [0, 0.1) is 0 Å². The van der Waals surface area contributed by atoms with Gasteiger partial charge in [0.05, 0.1) is 18.2 Å². The molecule has 3 heterocycles. The number of hydrogen-bond donors (Lipinski definition) is 2. The smallest absolute Gasteiger partial charge is 0.253 e. The Kier molecular flexibility index (Phi) is 5.02. The van der Waals surface area contributed by atoms with Crippen molar-refractivity contribution in [1.82, 2.24) is 14.9 Å². The number of nitrogens with zero attached hydrogens (tertiary/aromatic N) is 2. The summed E-state index contributed by atoms with van der Waals surface area (Å²) in [6.45, 7) is 1.86. The Morgan fingerprint density at radius 1 is 1.33 bits per heavy atom. The fourth-order valence-electron chi connectivity index (χ4n) is 3.45. The first-order chi connectivity index (χ1) is 13.2. The Hall–Kier alpha value is -2.93. The van der Waals surface area contributed by atoms with Crippen molar-refractivity contribution in [3.05, 3.63) is 53.6 Å². The maximum Gasteiger partial charge on any atom is 0.253 e. The van der Waals surface area contributed by atoms with E-state index in [0.717, 1.165) is 36.2 Å². The van der Waals surface area contributed by atoms with E-state index in [1.54, 1.807) is 29.6 Å². The molecule has 0 bridgehead atoms. The van der Waals surface area contributed by atoms with Gasteiger partial charge in [0.25, 0.3) is 5.91 Å². The summed E-state index contributed by atoms with van der Waals surface area (Å²) in [7, 11) is 0. The van der Waals surface area contributed by atoms with Gasteiger partial charge >= 0.3 is 0 Å². The number of carbonyl (C=O) groups excluding carboxylic acids is 2. The zero-order valence-electron chi connectivity index (χ0n) is 15.0. The summed E-state index contributed by atoms with van der Waals surface area (Å²) in [5.41, 5.74) is 3.82. The molecule has 27 heavy (non-hydrogen) atoms. The van der Waals surface area contributed by atoms with E-state index in [1.165, 1.54) is 5.56 Å². The summed E-state index contributed by atoms with van der Waals surface area (Å²) in [5, 5.41) is 2.93. The lowest BCUT2D eigenvalue weighted by Gasteiger charge is -2.28. The molecule has 0 saturated carbocycles. The summed E-state index contributed by atoms with van der Waals surface area (Å²) in [5.74, 6) is -0.136. The monoisotopic (exact) mass is 366 g/mol. The third-order valence-corrected chi connectivity index (χ3v) is 4.94. The zero-order chi connectivity index (χ0) is 18.6.